The Hall–Kier alpha value is -2.16. The van der Waals surface area contributed by atoms with Gasteiger partial charge in [0, 0.05) is 11.8 Å². The fourth-order valence-electron chi connectivity index (χ4n) is 1.76. The van der Waals surface area contributed by atoms with E-state index in [0.717, 1.165) is 17.5 Å². The number of nitrogens with zero attached hydrogens (tertiary/aromatic N) is 2. The number of oxazole rings is 1. The molecule has 0 aliphatic rings. The van der Waals surface area contributed by atoms with Crippen molar-refractivity contribution >= 4 is 11.2 Å². The molecular formula is C14H12N2O. The maximum Gasteiger partial charge on any atom is 0.247 e. The van der Waals surface area contributed by atoms with Crippen molar-refractivity contribution in [2.24, 2.45) is 0 Å². The Bertz CT molecular complexity index is 644. The first-order chi connectivity index (χ1) is 8.36. The van der Waals surface area contributed by atoms with Crippen LogP contribution in [0.15, 0.2) is 47.0 Å². The van der Waals surface area contributed by atoms with Crippen LogP contribution in [0.1, 0.15) is 12.5 Å². The predicted octanol–water partition coefficient (Wildman–Crippen LogP) is 3.45. The number of aromatic nitrogens is 2. The maximum absolute atomic E-state index is 5.63. The Labute approximate surface area is 99.1 Å². The van der Waals surface area contributed by atoms with Crippen LogP contribution in [-0.2, 0) is 6.42 Å². The van der Waals surface area contributed by atoms with E-state index in [1.807, 2.05) is 42.6 Å². The van der Waals surface area contributed by atoms with Crippen molar-refractivity contribution in [2.75, 3.05) is 0 Å². The normalized spacial score (nSPS) is 10.9. The van der Waals surface area contributed by atoms with Crippen molar-refractivity contribution in [1.29, 1.82) is 0 Å². The first-order valence-corrected chi connectivity index (χ1v) is 5.67. The molecule has 0 aliphatic carbocycles. The lowest BCUT2D eigenvalue weighted by Gasteiger charge is -1.91. The van der Waals surface area contributed by atoms with Crippen LogP contribution in [0.25, 0.3) is 22.7 Å². The lowest BCUT2D eigenvalue weighted by atomic mass is 10.2. The van der Waals surface area contributed by atoms with Crippen molar-refractivity contribution in [1.82, 2.24) is 9.97 Å². The highest BCUT2D eigenvalue weighted by Crippen LogP contribution is 2.23. The molecule has 84 valence electrons. The van der Waals surface area contributed by atoms with Gasteiger partial charge in [0.25, 0.3) is 0 Å². The van der Waals surface area contributed by atoms with Gasteiger partial charge in [-0.25, -0.2) is 9.97 Å². The summed E-state index contributed by atoms with van der Waals surface area (Å²) in [6.07, 6.45) is 2.79. The number of benzene rings is 1. The smallest absolute Gasteiger partial charge is 0.247 e. The van der Waals surface area contributed by atoms with E-state index >= 15 is 0 Å². The van der Waals surface area contributed by atoms with Crippen LogP contribution in [0.4, 0.5) is 0 Å². The number of hydrogen-bond acceptors (Lipinski definition) is 3. The van der Waals surface area contributed by atoms with Crippen molar-refractivity contribution in [3.8, 4) is 11.5 Å². The fraction of sp³-hybridized carbons (Fsp3) is 0.143. The van der Waals surface area contributed by atoms with Crippen LogP contribution >= 0.6 is 0 Å². The van der Waals surface area contributed by atoms with Gasteiger partial charge >= 0.3 is 0 Å². The zero-order valence-electron chi connectivity index (χ0n) is 9.55. The predicted molar refractivity (Wildman–Crippen MR) is 66.6 cm³/mol. The average molecular weight is 224 g/mol. The third-order valence-corrected chi connectivity index (χ3v) is 2.73. The summed E-state index contributed by atoms with van der Waals surface area (Å²) in [5.74, 6) is 0.626. The van der Waals surface area contributed by atoms with E-state index in [9.17, 15) is 0 Å². The quantitative estimate of drug-likeness (QED) is 0.669. The fourth-order valence-corrected chi connectivity index (χ4v) is 1.76. The molecule has 0 fully saturated rings. The molecule has 0 aliphatic heterocycles. The van der Waals surface area contributed by atoms with E-state index in [2.05, 4.69) is 16.9 Å². The van der Waals surface area contributed by atoms with E-state index < -0.39 is 0 Å². The van der Waals surface area contributed by atoms with E-state index in [1.165, 1.54) is 5.56 Å². The second-order valence-electron chi connectivity index (χ2n) is 3.91. The van der Waals surface area contributed by atoms with Crippen LogP contribution < -0.4 is 0 Å². The highest BCUT2D eigenvalue weighted by atomic mass is 16.4. The summed E-state index contributed by atoms with van der Waals surface area (Å²) in [7, 11) is 0. The highest BCUT2D eigenvalue weighted by Gasteiger charge is 2.08. The number of fused-ring (bicyclic) bond motifs is 1. The van der Waals surface area contributed by atoms with Gasteiger partial charge < -0.3 is 4.42 Å². The van der Waals surface area contributed by atoms with Gasteiger partial charge in [-0.3, -0.25) is 0 Å². The van der Waals surface area contributed by atoms with Crippen molar-refractivity contribution in [2.45, 2.75) is 13.3 Å². The molecule has 2 aromatic heterocycles. The third kappa shape index (κ3) is 1.80. The first-order valence-electron chi connectivity index (χ1n) is 5.67. The minimum atomic E-state index is 0.598. The van der Waals surface area contributed by atoms with Crippen LogP contribution in [0.2, 0.25) is 0 Å². The molecule has 3 heteroatoms. The zero-order valence-corrected chi connectivity index (χ0v) is 9.55. The molecule has 3 nitrogen and oxygen atoms in total. The van der Waals surface area contributed by atoms with Gasteiger partial charge in [0.2, 0.25) is 11.6 Å². The highest BCUT2D eigenvalue weighted by molar-refractivity contribution is 5.73. The molecule has 0 bridgehead atoms. The minimum absolute atomic E-state index is 0.598. The molecule has 1 aromatic carbocycles. The molecule has 0 unspecified atom stereocenters. The molecule has 0 atom stereocenters. The topological polar surface area (TPSA) is 38.9 Å². The van der Waals surface area contributed by atoms with Crippen LogP contribution in [0, 0.1) is 0 Å². The van der Waals surface area contributed by atoms with Gasteiger partial charge in [0.1, 0.15) is 5.52 Å². The second-order valence-corrected chi connectivity index (χ2v) is 3.91. The van der Waals surface area contributed by atoms with Gasteiger partial charge in [0.05, 0.1) is 0 Å². The Morgan fingerprint density at radius 3 is 2.76 bits per heavy atom. The summed E-state index contributed by atoms with van der Waals surface area (Å²) in [5.41, 5.74) is 3.57. The Balaban J connectivity index is 2.14. The molecule has 2 heterocycles. The number of rotatable bonds is 2. The number of hydrogen-bond donors (Lipinski definition) is 0. The van der Waals surface area contributed by atoms with E-state index in [0.29, 0.717) is 11.6 Å². The molecular weight excluding hydrogens is 212 g/mol. The lowest BCUT2D eigenvalue weighted by Crippen LogP contribution is -1.82. The van der Waals surface area contributed by atoms with Crippen LogP contribution in [0.3, 0.4) is 0 Å². The van der Waals surface area contributed by atoms with Gasteiger partial charge in [-0.1, -0.05) is 25.1 Å². The third-order valence-electron chi connectivity index (χ3n) is 2.73. The van der Waals surface area contributed by atoms with Crippen molar-refractivity contribution in [3.63, 3.8) is 0 Å². The summed E-state index contributed by atoms with van der Waals surface area (Å²) in [6.45, 7) is 2.10. The van der Waals surface area contributed by atoms with E-state index in [1.54, 1.807) is 0 Å². The molecule has 0 N–H and O–H groups in total. The molecule has 0 saturated heterocycles. The van der Waals surface area contributed by atoms with Crippen molar-refractivity contribution < 1.29 is 4.42 Å². The minimum Gasteiger partial charge on any atom is -0.418 e. The van der Waals surface area contributed by atoms with Gasteiger partial charge in [0.15, 0.2) is 0 Å². The molecule has 3 rings (SSSR count). The summed E-state index contributed by atoms with van der Waals surface area (Å²) in [4.78, 5) is 8.73. The standard InChI is InChI=1S/C14H12N2O/c1-2-10-8-12-14(15-9-10)17-13(16-12)11-6-4-3-5-7-11/h3-9H,2H2,1H3. The van der Waals surface area contributed by atoms with Crippen LogP contribution in [-0.4, -0.2) is 9.97 Å². The van der Waals surface area contributed by atoms with E-state index in [4.69, 9.17) is 4.42 Å². The Morgan fingerprint density at radius 1 is 1.18 bits per heavy atom. The summed E-state index contributed by atoms with van der Waals surface area (Å²) in [6, 6.07) is 11.9. The van der Waals surface area contributed by atoms with Crippen LogP contribution in [0.5, 0.6) is 0 Å². The van der Waals surface area contributed by atoms with Gasteiger partial charge in [-0.15, -0.1) is 0 Å². The van der Waals surface area contributed by atoms with Gasteiger partial charge in [-0.2, -0.15) is 0 Å². The monoisotopic (exact) mass is 224 g/mol. The van der Waals surface area contributed by atoms with E-state index in [-0.39, 0.29) is 0 Å². The SMILES string of the molecule is CCc1cnc2oc(-c3ccccc3)nc2c1. The maximum atomic E-state index is 5.63. The summed E-state index contributed by atoms with van der Waals surface area (Å²) in [5, 5.41) is 0. The second kappa shape index (κ2) is 4.01. The van der Waals surface area contributed by atoms with Gasteiger partial charge in [-0.05, 0) is 30.2 Å². The zero-order chi connectivity index (χ0) is 11.7. The molecule has 0 saturated carbocycles. The molecule has 17 heavy (non-hydrogen) atoms. The lowest BCUT2D eigenvalue weighted by molar-refractivity contribution is 0.607. The molecule has 0 spiro atoms. The molecule has 0 amide bonds. The molecule has 0 radical (unpaired) electrons. The number of pyridine rings is 1. The Kier molecular flexibility index (Phi) is 2.37. The first kappa shape index (κ1) is 10.0. The summed E-state index contributed by atoms with van der Waals surface area (Å²) >= 11 is 0. The largest absolute Gasteiger partial charge is 0.418 e. The number of aryl methyl sites for hydroxylation is 1. The van der Waals surface area contributed by atoms with Crippen molar-refractivity contribution in [3.05, 3.63) is 48.2 Å². The average Bonchev–Trinajstić information content (AvgIpc) is 2.82. The molecule has 3 aromatic rings. The summed E-state index contributed by atoms with van der Waals surface area (Å²) < 4.78 is 5.63. The Morgan fingerprint density at radius 2 is 2.00 bits per heavy atom.